The zero-order valence-electron chi connectivity index (χ0n) is 16.7. The van der Waals surface area contributed by atoms with Crippen molar-refractivity contribution in [1.29, 1.82) is 0 Å². The predicted octanol–water partition coefficient (Wildman–Crippen LogP) is 4.43. The van der Waals surface area contributed by atoms with Crippen molar-refractivity contribution in [3.63, 3.8) is 0 Å². The van der Waals surface area contributed by atoms with Gasteiger partial charge in [-0.1, -0.05) is 38.3 Å². The maximum Gasteiger partial charge on any atom is 0.275 e. The molecule has 0 spiro atoms. The van der Waals surface area contributed by atoms with Crippen LogP contribution in [0.5, 0.6) is 17.2 Å². The van der Waals surface area contributed by atoms with Gasteiger partial charge in [0.25, 0.3) is 5.91 Å². The highest BCUT2D eigenvalue weighted by atomic mass is 16.5. The Bertz CT molecular complexity index is 790. The van der Waals surface area contributed by atoms with Crippen molar-refractivity contribution < 1.29 is 19.0 Å². The van der Waals surface area contributed by atoms with Gasteiger partial charge in [0, 0.05) is 0 Å². The van der Waals surface area contributed by atoms with Crippen LogP contribution in [0.4, 0.5) is 0 Å². The van der Waals surface area contributed by atoms with Gasteiger partial charge in [0.1, 0.15) is 5.75 Å². The number of hydrazone groups is 1. The lowest BCUT2D eigenvalue weighted by Gasteiger charge is -2.11. The smallest absolute Gasteiger partial charge is 0.275 e. The average Bonchev–Trinajstić information content (AvgIpc) is 2.74. The molecule has 28 heavy (non-hydrogen) atoms. The number of hydrogen-bond donors (Lipinski definition) is 1. The third kappa shape index (κ3) is 6.30. The summed E-state index contributed by atoms with van der Waals surface area (Å²) in [5.74, 6) is 1.50. The van der Waals surface area contributed by atoms with Gasteiger partial charge in [-0.15, -0.1) is 0 Å². The largest absolute Gasteiger partial charge is 0.496 e. The van der Waals surface area contributed by atoms with Crippen LogP contribution in [0.25, 0.3) is 0 Å². The molecular weight excluding hydrogens is 356 g/mol. The third-order valence-electron chi connectivity index (χ3n) is 4.17. The second-order valence-corrected chi connectivity index (χ2v) is 6.22. The molecule has 2 aromatic rings. The molecule has 2 aromatic carbocycles. The van der Waals surface area contributed by atoms with Crippen molar-refractivity contribution in [3.05, 3.63) is 53.6 Å². The first kappa shape index (κ1) is 21.3. The number of rotatable bonds is 11. The number of carbonyl (C=O) groups excluding carboxylic acids is 1. The minimum atomic E-state index is -0.340. The first-order valence-corrected chi connectivity index (χ1v) is 9.46. The molecule has 0 aliphatic rings. The van der Waals surface area contributed by atoms with Crippen molar-refractivity contribution in [2.24, 2.45) is 5.10 Å². The maximum absolute atomic E-state index is 12.2. The van der Waals surface area contributed by atoms with Crippen LogP contribution >= 0.6 is 0 Å². The van der Waals surface area contributed by atoms with Crippen LogP contribution in [-0.4, -0.2) is 32.9 Å². The molecule has 0 aliphatic carbocycles. The van der Waals surface area contributed by atoms with Gasteiger partial charge >= 0.3 is 0 Å². The lowest BCUT2D eigenvalue weighted by atomic mass is 10.2. The number of hydrogen-bond acceptors (Lipinski definition) is 5. The highest BCUT2D eigenvalue weighted by molar-refractivity contribution is 5.97. The molecule has 0 atom stereocenters. The van der Waals surface area contributed by atoms with E-state index < -0.39 is 0 Å². The number of ether oxygens (including phenoxy) is 3. The van der Waals surface area contributed by atoms with E-state index in [2.05, 4.69) is 17.5 Å². The van der Waals surface area contributed by atoms with E-state index in [0.29, 0.717) is 29.4 Å². The zero-order valence-corrected chi connectivity index (χ0v) is 16.7. The quantitative estimate of drug-likeness (QED) is 0.354. The standard InChI is InChI=1S/C22H28N2O4/c1-4-5-6-9-14-28-20-13-12-17(15-21(20)27-3)16-23-24-22(25)18-10-7-8-11-19(18)26-2/h7-8,10-13,15-16H,4-6,9,14H2,1-3H3,(H,24,25)/b23-16+. The van der Waals surface area contributed by atoms with E-state index >= 15 is 0 Å². The first-order chi connectivity index (χ1) is 13.7. The summed E-state index contributed by atoms with van der Waals surface area (Å²) in [6.45, 7) is 2.85. The molecule has 0 aliphatic heterocycles. The Labute approximate surface area is 166 Å². The molecule has 0 heterocycles. The molecule has 0 aromatic heterocycles. The predicted molar refractivity (Wildman–Crippen MR) is 111 cm³/mol. The second-order valence-electron chi connectivity index (χ2n) is 6.22. The maximum atomic E-state index is 12.2. The molecule has 1 amide bonds. The molecule has 0 saturated carbocycles. The number of para-hydroxylation sites is 1. The van der Waals surface area contributed by atoms with Crippen LogP contribution in [0, 0.1) is 0 Å². The Morgan fingerprint density at radius 1 is 1.00 bits per heavy atom. The van der Waals surface area contributed by atoms with Gasteiger partial charge in [0.15, 0.2) is 11.5 Å². The summed E-state index contributed by atoms with van der Waals surface area (Å²) in [5.41, 5.74) is 3.72. The molecule has 1 N–H and O–H groups in total. The lowest BCUT2D eigenvalue weighted by molar-refractivity contribution is 0.0952. The SMILES string of the molecule is CCCCCCOc1ccc(/C=N/NC(=O)c2ccccc2OC)cc1OC. The van der Waals surface area contributed by atoms with Crippen LogP contribution in [0.1, 0.15) is 48.5 Å². The Hall–Kier alpha value is -3.02. The van der Waals surface area contributed by atoms with Gasteiger partial charge in [0.05, 0.1) is 32.6 Å². The molecule has 0 saturated heterocycles. The van der Waals surface area contributed by atoms with Gasteiger partial charge in [-0.2, -0.15) is 5.10 Å². The summed E-state index contributed by atoms with van der Waals surface area (Å²) in [6.07, 6.45) is 6.16. The molecule has 0 radical (unpaired) electrons. The molecule has 0 fully saturated rings. The molecular formula is C22H28N2O4. The van der Waals surface area contributed by atoms with Gasteiger partial charge in [-0.3, -0.25) is 4.79 Å². The molecule has 6 nitrogen and oxygen atoms in total. The van der Waals surface area contributed by atoms with E-state index in [-0.39, 0.29) is 5.91 Å². The van der Waals surface area contributed by atoms with Crippen LogP contribution in [0.3, 0.4) is 0 Å². The van der Waals surface area contributed by atoms with E-state index in [1.54, 1.807) is 37.6 Å². The van der Waals surface area contributed by atoms with Crippen molar-refractivity contribution in [2.45, 2.75) is 32.6 Å². The first-order valence-electron chi connectivity index (χ1n) is 9.46. The second kappa shape index (κ2) is 11.6. The summed E-state index contributed by atoms with van der Waals surface area (Å²) in [5, 5.41) is 4.02. The number of amides is 1. The lowest BCUT2D eigenvalue weighted by Crippen LogP contribution is -2.18. The topological polar surface area (TPSA) is 69.2 Å². The van der Waals surface area contributed by atoms with Gasteiger partial charge < -0.3 is 14.2 Å². The summed E-state index contributed by atoms with van der Waals surface area (Å²) in [7, 11) is 3.12. The molecule has 0 bridgehead atoms. The Balaban J connectivity index is 1.95. The van der Waals surface area contributed by atoms with Crippen LogP contribution < -0.4 is 19.6 Å². The molecule has 150 valence electrons. The fourth-order valence-electron chi connectivity index (χ4n) is 2.65. The third-order valence-corrected chi connectivity index (χ3v) is 4.17. The van der Waals surface area contributed by atoms with Gasteiger partial charge in [-0.05, 0) is 42.3 Å². The van der Waals surface area contributed by atoms with Gasteiger partial charge in [-0.25, -0.2) is 5.43 Å². The number of methoxy groups -OCH3 is 2. The summed E-state index contributed by atoms with van der Waals surface area (Å²) in [4.78, 5) is 12.2. The normalized spacial score (nSPS) is 10.7. The van der Waals surface area contributed by atoms with Crippen molar-refractivity contribution in [2.75, 3.05) is 20.8 Å². The summed E-state index contributed by atoms with van der Waals surface area (Å²) < 4.78 is 16.4. The summed E-state index contributed by atoms with van der Waals surface area (Å²) >= 11 is 0. The zero-order chi connectivity index (χ0) is 20.2. The van der Waals surface area contributed by atoms with E-state index in [0.717, 1.165) is 18.4 Å². The van der Waals surface area contributed by atoms with Crippen molar-refractivity contribution in [3.8, 4) is 17.2 Å². The van der Waals surface area contributed by atoms with Crippen molar-refractivity contribution in [1.82, 2.24) is 5.43 Å². The Kier molecular flexibility index (Phi) is 8.85. The van der Waals surface area contributed by atoms with E-state index in [1.807, 2.05) is 18.2 Å². The van der Waals surface area contributed by atoms with Gasteiger partial charge in [0.2, 0.25) is 0 Å². The van der Waals surface area contributed by atoms with E-state index in [4.69, 9.17) is 14.2 Å². The fourth-order valence-corrected chi connectivity index (χ4v) is 2.65. The molecule has 6 heteroatoms. The molecule has 2 rings (SSSR count). The minimum absolute atomic E-state index is 0.340. The fraction of sp³-hybridized carbons (Fsp3) is 0.364. The van der Waals surface area contributed by atoms with Crippen LogP contribution in [0.2, 0.25) is 0 Å². The van der Waals surface area contributed by atoms with E-state index in [1.165, 1.54) is 20.0 Å². The Morgan fingerprint density at radius 3 is 2.54 bits per heavy atom. The van der Waals surface area contributed by atoms with Crippen molar-refractivity contribution >= 4 is 12.1 Å². The van der Waals surface area contributed by atoms with E-state index in [9.17, 15) is 4.79 Å². The number of nitrogens with zero attached hydrogens (tertiary/aromatic N) is 1. The van der Waals surface area contributed by atoms with Crippen LogP contribution in [0.15, 0.2) is 47.6 Å². The number of benzene rings is 2. The van der Waals surface area contributed by atoms with Crippen LogP contribution in [-0.2, 0) is 0 Å². The number of carbonyl (C=O) groups is 1. The summed E-state index contributed by atoms with van der Waals surface area (Å²) in [6, 6.07) is 12.5. The molecule has 0 unspecified atom stereocenters. The highest BCUT2D eigenvalue weighted by Crippen LogP contribution is 2.27. The Morgan fingerprint density at radius 2 is 1.79 bits per heavy atom. The highest BCUT2D eigenvalue weighted by Gasteiger charge is 2.10. The monoisotopic (exact) mass is 384 g/mol. The average molecular weight is 384 g/mol. The minimum Gasteiger partial charge on any atom is -0.496 e. The number of unbranched alkanes of at least 4 members (excludes halogenated alkanes) is 3. The number of nitrogens with one attached hydrogen (secondary N) is 1.